The molecule has 4 heteroatoms. The van der Waals surface area contributed by atoms with E-state index in [2.05, 4.69) is 57.4 Å². The van der Waals surface area contributed by atoms with Crippen LogP contribution in [0.4, 0.5) is 0 Å². The number of carbonyl (C=O) groups excluding carboxylic acids is 1. The summed E-state index contributed by atoms with van der Waals surface area (Å²) in [6.07, 6.45) is 17.5. The Balaban J connectivity index is 1.57. The molecule has 0 radical (unpaired) electrons. The average molecular weight is 525 g/mol. The van der Waals surface area contributed by atoms with Crippen molar-refractivity contribution in [3.8, 4) is 5.75 Å². The van der Waals surface area contributed by atoms with Crippen molar-refractivity contribution >= 4 is 5.97 Å². The van der Waals surface area contributed by atoms with Crippen LogP contribution in [-0.2, 0) is 22.5 Å². The molecule has 2 aromatic rings. The van der Waals surface area contributed by atoms with Crippen molar-refractivity contribution in [1.82, 2.24) is 0 Å². The van der Waals surface area contributed by atoms with Crippen molar-refractivity contribution in [2.45, 2.75) is 104 Å². The van der Waals surface area contributed by atoms with E-state index in [4.69, 9.17) is 9.47 Å². The van der Waals surface area contributed by atoms with E-state index in [1.54, 1.807) is 0 Å². The lowest BCUT2D eigenvalue weighted by atomic mass is 10.0. The number of hydrogen-bond donors (Lipinski definition) is 0. The Morgan fingerprint density at radius 1 is 0.763 bits per heavy atom. The topological polar surface area (TPSA) is 35.5 Å². The molecule has 0 aliphatic carbocycles. The normalized spacial score (nSPS) is 12.3. The quantitative estimate of drug-likeness (QED) is 0.0709. The van der Waals surface area contributed by atoms with E-state index in [1.165, 1.54) is 88.2 Å². The summed E-state index contributed by atoms with van der Waals surface area (Å²) in [6, 6.07) is 18.6. The molecule has 0 saturated heterocycles. The maximum Gasteiger partial charge on any atom is 0.317 e. The van der Waals surface area contributed by atoms with Gasteiger partial charge in [0.1, 0.15) is 18.2 Å². The molecule has 0 saturated carbocycles. The number of nitrogens with zero attached hydrogens (tertiary/aromatic N) is 1. The van der Waals surface area contributed by atoms with Crippen LogP contribution >= 0.6 is 0 Å². The van der Waals surface area contributed by atoms with E-state index < -0.39 is 0 Å². The number of carbonyl (C=O) groups is 1. The van der Waals surface area contributed by atoms with Gasteiger partial charge in [0, 0.05) is 5.56 Å². The van der Waals surface area contributed by atoms with Gasteiger partial charge in [-0.25, -0.2) is 0 Å². The molecule has 0 amide bonds. The summed E-state index contributed by atoms with van der Waals surface area (Å²) < 4.78 is 11.9. The van der Waals surface area contributed by atoms with Crippen LogP contribution in [0.3, 0.4) is 0 Å². The fraction of sp³-hybridized carbons (Fsp3) is 0.618. The lowest BCUT2D eigenvalue weighted by Gasteiger charge is -2.31. The third-order valence-corrected chi connectivity index (χ3v) is 7.27. The molecule has 0 aromatic heterocycles. The summed E-state index contributed by atoms with van der Waals surface area (Å²) >= 11 is 0. The number of quaternary nitrogens is 1. The number of aryl methyl sites for hydroxylation is 1. The predicted octanol–water partition coefficient (Wildman–Crippen LogP) is 8.72. The summed E-state index contributed by atoms with van der Waals surface area (Å²) in [6.45, 7) is 5.75. The lowest BCUT2D eigenvalue weighted by Crippen LogP contribution is -2.44. The first-order valence-electron chi connectivity index (χ1n) is 15.1. The minimum absolute atomic E-state index is 0.0443. The molecular weight excluding hydrogens is 470 g/mol. The van der Waals surface area contributed by atoms with Gasteiger partial charge in [0.2, 0.25) is 6.79 Å². The molecule has 0 aliphatic rings. The van der Waals surface area contributed by atoms with Gasteiger partial charge < -0.3 is 14.0 Å². The van der Waals surface area contributed by atoms with Crippen molar-refractivity contribution in [2.24, 2.45) is 5.92 Å². The second-order valence-corrected chi connectivity index (χ2v) is 11.7. The zero-order chi connectivity index (χ0) is 27.5. The first-order valence-corrected chi connectivity index (χ1v) is 15.1. The van der Waals surface area contributed by atoms with Gasteiger partial charge in [-0.05, 0) is 37.5 Å². The van der Waals surface area contributed by atoms with Crippen LogP contribution in [-0.4, -0.2) is 37.9 Å². The Hall–Kier alpha value is -2.33. The SMILES string of the molecule is CCCCCCCCCCCCCCc1cccc(OCOC(=O)C(C)C[N+](C)(C)Cc2ccccc2)c1. The smallest absolute Gasteiger partial charge is 0.317 e. The minimum atomic E-state index is -0.211. The first-order chi connectivity index (χ1) is 18.4. The lowest BCUT2D eigenvalue weighted by molar-refractivity contribution is -0.905. The summed E-state index contributed by atoms with van der Waals surface area (Å²) in [5.41, 5.74) is 2.55. The largest absolute Gasteiger partial charge is 0.457 e. The second kappa shape index (κ2) is 18.8. The monoisotopic (exact) mass is 524 g/mol. The fourth-order valence-electron chi connectivity index (χ4n) is 5.22. The van der Waals surface area contributed by atoms with Crippen molar-refractivity contribution in [3.63, 3.8) is 0 Å². The van der Waals surface area contributed by atoms with Crippen LogP contribution in [0.2, 0.25) is 0 Å². The van der Waals surface area contributed by atoms with E-state index in [0.29, 0.717) is 6.54 Å². The average Bonchev–Trinajstić information content (AvgIpc) is 2.89. The summed E-state index contributed by atoms with van der Waals surface area (Å²) in [5.74, 6) is 0.355. The number of hydrogen-bond acceptors (Lipinski definition) is 3. The minimum Gasteiger partial charge on any atom is -0.457 e. The molecule has 1 atom stereocenters. The molecule has 0 fully saturated rings. The number of ether oxygens (including phenoxy) is 2. The molecule has 0 aliphatic heterocycles. The Morgan fingerprint density at radius 3 is 1.97 bits per heavy atom. The van der Waals surface area contributed by atoms with Gasteiger partial charge in [-0.1, -0.05) is 120 Å². The van der Waals surface area contributed by atoms with Gasteiger partial charge in [-0.2, -0.15) is 0 Å². The third kappa shape index (κ3) is 14.6. The van der Waals surface area contributed by atoms with Crippen molar-refractivity contribution < 1.29 is 18.8 Å². The molecule has 212 valence electrons. The highest BCUT2D eigenvalue weighted by Crippen LogP contribution is 2.18. The Morgan fingerprint density at radius 2 is 1.34 bits per heavy atom. The number of rotatable bonds is 21. The molecule has 4 nitrogen and oxygen atoms in total. The summed E-state index contributed by atoms with van der Waals surface area (Å²) in [5, 5.41) is 0. The summed E-state index contributed by atoms with van der Waals surface area (Å²) in [4.78, 5) is 12.6. The highest BCUT2D eigenvalue weighted by Gasteiger charge is 2.25. The van der Waals surface area contributed by atoms with Crippen LogP contribution in [0.15, 0.2) is 54.6 Å². The molecule has 1 unspecified atom stereocenters. The van der Waals surface area contributed by atoms with Gasteiger partial charge in [0.05, 0.1) is 20.6 Å². The van der Waals surface area contributed by atoms with Crippen molar-refractivity contribution in [2.75, 3.05) is 27.4 Å². The second-order valence-electron chi connectivity index (χ2n) is 11.7. The van der Waals surface area contributed by atoms with E-state index in [-0.39, 0.29) is 18.7 Å². The maximum atomic E-state index is 12.6. The van der Waals surface area contributed by atoms with E-state index in [1.807, 2.05) is 25.1 Å². The van der Waals surface area contributed by atoms with Crippen LogP contribution in [0.1, 0.15) is 102 Å². The fourth-order valence-corrected chi connectivity index (χ4v) is 5.22. The molecule has 0 N–H and O–H groups in total. The van der Waals surface area contributed by atoms with Crippen molar-refractivity contribution in [3.05, 3.63) is 65.7 Å². The molecule has 0 bridgehead atoms. The standard InChI is InChI=1S/C34H54NO3/c1-5-6-7-8-9-10-11-12-13-14-15-17-21-31-24-20-25-33(26-31)37-29-38-34(36)30(2)27-35(3,4)28-32-22-18-16-19-23-32/h16,18-20,22-26,30H,5-15,17,21,27-29H2,1-4H3/q+1. The Bertz CT molecular complexity index is 880. The molecule has 0 heterocycles. The molecule has 2 rings (SSSR count). The van der Waals surface area contributed by atoms with Crippen LogP contribution in [0, 0.1) is 5.92 Å². The van der Waals surface area contributed by atoms with Gasteiger partial charge >= 0.3 is 5.97 Å². The predicted molar refractivity (Wildman–Crippen MR) is 159 cm³/mol. The number of benzene rings is 2. The third-order valence-electron chi connectivity index (χ3n) is 7.27. The highest BCUT2D eigenvalue weighted by molar-refractivity contribution is 5.72. The maximum absolute atomic E-state index is 12.6. The van der Waals surface area contributed by atoms with Gasteiger partial charge in [-0.3, -0.25) is 4.79 Å². The molecule has 0 spiro atoms. The van der Waals surface area contributed by atoms with E-state index in [9.17, 15) is 4.79 Å². The van der Waals surface area contributed by atoms with Crippen molar-refractivity contribution in [1.29, 1.82) is 0 Å². The van der Waals surface area contributed by atoms with Gasteiger partial charge in [0.15, 0.2) is 0 Å². The van der Waals surface area contributed by atoms with E-state index in [0.717, 1.165) is 23.2 Å². The first kappa shape index (κ1) is 31.9. The Kier molecular flexibility index (Phi) is 15.8. The van der Waals surface area contributed by atoms with Gasteiger partial charge in [0.25, 0.3) is 0 Å². The van der Waals surface area contributed by atoms with E-state index >= 15 is 0 Å². The van der Waals surface area contributed by atoms with Gasteiger partial charge in [-0.15, -0.1) is 0 Å². The van der Waals surface area contributed by atoms with Crippen LogP contribution in [0.25, 0.3) is 0 Å². The van der Waals surface area contributed by atoms with Crippen LogP contribution in [0.5, 0.6) is 5.75 Å². The zero-order valence-corrected chi connectivity index (χ0v) is 24.8. The molecule has 38 heavy (non-hydrogen) atoms. The molecule has 2 aromatic carbocycles. The number of esters is 1. The zero-order valence-electron chi connectivity index (χ0n) is 24.8. The van der Waals surface area contributed by atoms with Crippen LogP contribution < -0.4 is 4.74 Å². The number of unbranched alkanes of at least 4 members (excludes halogenated alkanes) is 11. The Labute approximate surface area is 233 Å². The molecular formula is C34H54NO3+. The highest BCUT2D eigenvalue weighted by atomic mass is 16.7. The summed E-state index contributed by atoms with van der Waals surface area (Å²) in [7, 11) is 4.30.